The number of aryl methyl sites for hydroxylation is 1. The molecule has 0 aliphatic carbocycles. The van der Waals surface area contributed by atoms with Gasteiger partial charge in [0.15, 0.2) is 12.4 Å². The molecule has 2 amide bonds. The van der Waals surface area contributed by atoms with Crippen molar-refractivity contribution in [2.75, 3.05) is 11.5 Å². The van der Waals surface area contributed by atoms with Gasteiger partial charge in [0.05, 0.1) is 28.5 Å². The van der Waals surface area contributed by atoms with Gasteiger partial charge in [-0.3, -0.25) is 14.4 Å². The molecule has 8 heteroatoms. The molecule has 33 heavy (non-hydrogen) atoms. The number of ketones is 1. The van der Waals surface area contributed by atoms with E-state index in [0.29, 0.717) is 17.0 Å². The standard InChI is InChI=1S/C25H21NO6S/c1-16-4-6-17(7-5-16)21(27)14-32-25(30)18-8-10-19(11-9-18)26-23(28)13-22(24(26)29)33-15-20-3-2-12-31-20/h2-12,22H,13-15H2,1H3. The second-order valence-electron chi connectivity index (χ2n) is 7.56. The third kappa shape index (κ3) is 5.23. The number of carbonyl (C=O) groups is 4. The summed E-state index contributed by atoms with van der Waals surface area (Å²) in [6, 6.07) is 16.6. The number of ether oxygens (including phenoxy) is 1. The topological polar surface area (TPSA) is 93.9 Å². The molecule has 1 aliphatic heterocycles. The lowest BCUT2D eigenvalue weighted by atomic mass is 10.1. The maximum absolute atomic E-state index is 12.8. The minimum atomic E-state index is -0.659. The van der Waals surface area contributed by atoms with Crippen molar-refractivity contribution in [2.24, 2.45) is 0 Å². The number of thioether (sulfide) groups is 1. The Kier molecular flexibility index (Phi) is 6.74. The van der Waals surface area contributed by atoms with Crippen molar-refractivity contribution in [3.05, 3.63) is 89.4 Å². The number of rotatable bonds is 8. The van der Waals surface area contributed by atoms with Gasteiger partial charge in [0.2, 0.25) is 11.8 Å². The van der Waals surface area contributed by atoms with Gasteiger partial charge < -0.3 is 9.15 Å². The summed E-state index contributed by atoms with van der Waals surface area (Å²) in [5, 5.41) is -0.486. The fraction of sp³-hybridized carbons (Fsp3) is 0.200. The van der Waals surface area contributed by atoms with Gasteiger partial charge in [-0.25, -0.2) is 9.69 Å². The lowest BCUT2D eigenvalue weighted by Crippen LogP contribution is -2.31. The average Bonchev–Trinajstić information content (AvgIpc) is 3.44. The number of esters is 1. The highest BCUT2D eigenvalue weighted by Crippen LogP contribution is 2.31. The summed E-state index contributed by atoms with van der Waals surface area (Å²) in [4.78, 5) is 50.8. The lowest BCUT2D eigenvalue weighted by molar-refractivity contribution is -0.121. The number of imide groups is 1. The molecule has 1 aliphatic rings. The second-order valence-corrected chi connectivity index (χ2v) is 8.75. The number of furan rings is 1. The number of nitrogens with zero attached hydrogens (tertiary/aromatic N) is 1. The summed E-state index contributed by atoms with van der Waals surface area (Å²) >= 11 is 1.36. The Morgan fingerprint density at radius 2 is 1.73 bits per heavy atom. The summed E-state index contributed by atoms with van der Waals surface area (Å²) < 4.78 is 10.4. The van der Waals surface area contributed by atoms with Crippen LogP contribution in [0.4, 0.5) is 5.69 Å². The third-order valence-electron chi connectivity index (χ3n) is 5.18. The van der Waals surface area contributed by atoms with E-state index in [4.69, 9.17) is 9.15 Å². The summed E-state index contributed by atoms with van der Waals surface area (Å²) in [6.45, 7) is 1.54. The molecule has 0 spiro atoms. The minimum Gasteiger partial charge on any atom is -0.468 e. The first-order valence-electron chi connectivity index (χ1n) is 10.3. The van der Waals surface area contributed by atoms with E-state index in [1.807, 2.05) is 25.1 Å². The summed E-state index contributed by atoms with van der Waals surface area (Å²) in [6.07, 6.45) is 1.67. The molecule has 168 valence electrons. The molecule has 1 aromatic heterocycles. The van der Waals surface area contributed by atoms with Crippen LogP contribution in [0, 0.1) is 6.92 Å². The van der Waals surface area contributed by atoms with Gasteiger partial charge in [-0.05, 0) is 43.3 Å². The van der Waals surface area contributed by atoms with Gasteiger partial charge in [0.25, 0.3) is 0 Å². The molecule has 2 heterocycles. The summed E-state index contributed by atoms with van der Waals surface area (Å²) in [5.74, 6) is -0.315. The minimum absolute atomic E-state index is 0.106. The van der Waals surface area contributed by atoms with E-state index < -0.39 is 11.2 Å². The quantitative estimate of drug-likeness (QED) is 0.281. The van der Waals surface area contributed by atoms with Crippen LogP contribution in [-0.2, 0) is 20.1 Å². The zero-order chi connectivity index (χ0) is 23.4. The molecule has 1 atom stereocenters. The van der Waals surface area contributed by atoms with Crippen molar-refractivity contribution in [2.45, 2.75) is 24.3 Å². The van der Waals surface area contributed by atoms with Gasteiger partial charge in [-0.15, -0.1) is 11.8 Å². The number of benzene rings is 2. The van der Waals surface area contributed by atoms with Crippen LogP contribution >= 0.6 is 11.8 Å². The van der Waals surface area contributed by atoms with E-state index in [-0.39, 0.29) is 36.2 Å². The molecule has 0 radical (unpaired) electrons. The van der Waals surface area contributed by atoms with Crippen LogP contribution in [0.2, 0.25) is 0 Å². The van der Waals surface area contributed by atoms with Gasteiger partial charge in [-0.1, -0.05) is 29.8 Å². The number of hydrogen-bond acceptors (Lipinski definition) is 7. The second kappa shape index (κ2) is 9.87. The van der Waals surface area contributed by atoms with Crippen LogP contribution in [0.15, 0.2) is 71.3 Å². The Morgan fingerprint density at radius 1 is 1.03 bits per heavy atom. The molecule has 2 aromatic carbocycles. The Morgan fingerprint density at radius 3 is 2.39 bits per heavy atom. The van der Waals surface area contributed by atoms with Gasteiger partial charge >= 0.3 is 5.97 Å². The van der Waals surface area contributed by atoms with Crippen LogP contribution in [0.5, 0.6) is 0 Å². The van der Waals surface area contributed by atoms with Crippen molar-refractivity contribution in [1.29, 1.82) is 0 Å². The summed E-state index contributed by atoms with van der Waals surface area (Å²) in [7, 11) is 0. The molecular formula is C25H21NO6S. The average molecular weight is 464 g/mol. The first-order chi connectivity index (χ1) is 15.9. The normalized spacial score (nSPS) is 15.7. The first-order valence-corrected chi connectivity index (χ1v) is 11.3. The highest BCUT2D eigenvalue weighted by Gasteiger charge is 2.39. The molecule has 1 saturated heterocycles. The smallest absolute Gasteiger partial charge is 0.338 e. The zero-order valence-electron chi connectivity index (χ0n) is 17.9. The Labute approximate surface area is 194 Å². The number of Topliss-reactive ketones (excluding diaryl/α,β-unsaturated/α-hetero) is 1. The Balaban J connectivity index is 1.34. The Hall–Kier alpha value is -3.65. The highest BCUT2D eigenvalue weighted by atomic mass is 32.2. The molecule has 0 N–H and O–H groups in total. The molecule has 7 nitrogen and oxygen atoms in total. The van der Waals surface area contributed by atoms with Crippen LogP contribution in [0.25, 0.3) is 0 Å². The van der Waals surface area contributed by atoms with Crippen molar-refractivity contribution in [3.8, 4) is 0 Å². The first kappa shape index (κ1) is 22.5. The highest BCUT2D eigenvalue weighted by molar-refractivity contribution is 7.99. The van der Waals surface area contributed by atoms with Crippen LogP contribution < -0.4 is 4.90 Å². The zero-order valence-corrected chi connectivity index (χ0v) is 18.7. The van der Waals surface area contributed by atoms with Crippen LogP contribution in [0.1, 0.15) is 38.5 Å². The number of amides is 2. The molecule has 3 aromatic rings. The largest absolute Gasteiger partial charge is 0.468 e. The predicted molar refractivity (Wildman–Crippen MR) is 123 cm³/mol. The van der Waals surface area contributed by atoms with Gasteiger partial charge in [0, 0.05) is 12.0 Å². The van der Waals surface area contributed by atoms with Crippen molar-refractivity contribution < 1.29 is 28.3 Å². The Bertz CT molecular complexity index is 1170. The van der Waals surface area contributed by atoms with Crippen molar-refractivity contribution >= 4 is 41.0 Å². The lowest BCUT2D eigenvalue weighted by Gasteiger charge is -2.15. The molecule has 0 saturated carbocycles. The van der Waals surface area contributed by atoms with Crippen LogP contribution in [-0.4, -0.2) is 35.4 Å². The number of carbonyl (C=O) groups excluding carboxylic acids is 4. The van der Waals surface area contributed by atoms with E-state index in [9.17, 15) is 19.2 Å². The SMILES string of the molecule is Cc1ccc(C(=O)COC(=O)c2ccc(N3C(=O)CC(SCc4ccco4)C3=O)cc2)cc1. The van der Waals surface area contributed by atoms with Gasteiger partial charge in [0.1, 0.15) is 5.76 Å². The van der Waals surface area contributed by atoms with Crippen molar-refractivity contribution in [3.63, 3.8) is 0 Å². The summed E-state index contributed by atoms with van der Waals surface area (Å²) in [5.41, 5.74) is 2.10. The molecular weight excluding hydrogens is 442 g/mol. The predicted octanol–water partition coefficient (Wildman–Crippen LogP) is 4.19. The number of hydrogen-bond donors (Lipinski definition) is 0. The molecule has 4 rings (SSSR count). The fourth-order valence-electron chi connectivity index (χ4n) is 3.37. The van der Waals surface area contributed by atoms with Gasteiger partial charge in [-0.2, -0.15) is 0 Å². The van der Waals surface area contributed by atoms with E-state index in [0.717, 1.165) is 16.2 Å². The maximum Gasteiger partial charge on any atom is 0.338 e. The van der Waals surface area contributed by atoms with E-state index >= 15 is 0 Å². The van der Waals surface area contributed by atoms with E-state index in [1.165, 1.54) is 36.0 Å². The molecule has 1 fully saturated rings. The maximum atomic E-state index is 12.8. The third-order valence-corrected chi connectivity index (χ3v) is 6.40. The fourth-order valence-corrected chi connectivity index (χ4v) is 4.40. The number of anilines is 1. The van der Waals surface area contributed by atoms with E-state index in [2.05, 4.69) is 0 Å². The molecule has 1 unspecified atom stereocenters. The van der Waals surface area contributed by atoms with Crippen LogP contribution in [0.3, 0.4) is 0 Å². The molecule has 0 bridgehead atoms. The van der Waals surface area contributed by atoms with E-state index in [1.54, 1.807) is 24.5 Å². The van der Waals surface area contributed by atoms with Crippen molar-refractivity contribution in [1.82, 2.24) is 0 Å². The monoisotopic (exact) mass is 463 g/mol.